The Morgan fingerprint density at radius 1 is 0.722 bits per heavy atom. The second kappa shape index (κ2) is 4.81. The first-order valence-electron chi connectivity index (χ1n) is 7.93. The van der Waals surface area contributed by atoms with Gasteiger partial charge in [0.05, 0.1) is 0 Å². The minimum atomic E-state index is 0.388. The molecule has 1 heterocycles. The average molecular weight is 251 g/mol. The maximum Gasteiger partial charge on any atom is 0.0125 e. The molecule has 2 rings (SSSR count). The SMILES string of the molecule is CC(C)(C)C1CCC(C2CN(C(C)(C)C)C2)CC1. The Kier molecular flexibility index (Phi) is 3.84. The molecular weight excluding hydrogens is 218 g/mol. The molecule has 0 radical (unpaired) electrons. The number of nitrogens with zero attached hydrogens (tertiary/aromatic N) is 1. The van der Waals surface area contributed by atoms with Crippen LogP contribution in [0.25, 0.3) is 0 Å². The van der Waals surface area contributed by atoms with Crippen LogP contribution >= 0.6 is 0 Å². The van der Waals surface area contributed by atoms with Crippen molar-refractivity contribution in [1.29, 1.82) is 0 Å². The third kappa shape index (κ3) is 3.10. The summed E-state index contributed by atoms with van der Waals surface area (Å²) < 4.78 is 0. The van der Waals surface area contributed by atoms with Crippen LogP contribution in [-0.4, -0.2) is 23.5 Å². The number of hydrogen-bond acceptors (Lipinski definition) is 1. The van der Waals surface area contributed by atoms with Crippen molar-refractivity contribution in [3.05, 3.63) is 0 Å². The van der Waals surface area contributed by atoms with Crippen LogP contribution in [0.3, 0.4) is 0 Å². The average Bonchev–Trinajstić information content (AvgIpc) is 2.12. The third-order valence-electron chi connectivity index (χ3n) is 5.52. The molecule has 1 nitrogen and oxygen atoms in total. The molecule has 0 aromatic rings. The highest BCUT2D eigenvalue weighted by Gasteiger charge is 2.40. The van der Waals surface area contributed by atoms with Gasteiger partial charge < -0.3 is 0 Å². The van der Waals surface area contributed by atoms with Crippen LogP contribution in [0.2, 0.25) is 0 Å². The van der Waals surface area contributed by atoms with Crippen LogP contribution in [0, 0.1) is 23.2 Å². The molecule has 0 aromatic carbocycles. The largest absolute Gasteiger partial charge is 0.298 e. The Morgan fingerprint density at radius 2 is 1.22 bits per heavy atom. The van der Waals surface area contributed by atoms with Crippen LogP contribution in [0.1, 0.15) is 67.2 Å². The molecule has 0 aromatic heterocycles. The first-order valence-corrected chi connectivity index (χ1v) is 7.93. The van der Waals surface area contributed by atoms with Gasteiger partial charge in [-0.1, -0.05) is 20.8 Å². The van der Waals surface area contributed by atoms with E-state index in [0.717, 1.165) is 17.8 Å². The molecule has 2 aliphatic rings. The molecule has 0 amide bonds. The van der Waals surface area contributed by atoms with E-state index >= 15 is 0 Å². The van der Waals surface area contributed by atoms with E-state index in [2.05, 4.69) is 46.4 Å². The van der Waals surface area contributed by atoms with Crippen LogP contribution in [-0.2, 0) is 0 Å². The zero-order valence-electron chi connectivity index (χ0n) is 13.4. The normalized spacial score (nSPS) is 32.3. The molecule has 1 heteroatoms. The molecule has 0 bridgehead atoms. The molecule has 0 atom stereocenters. The smallest absolute Gasteiger partial charge is 0.0125 e. The molecule has 0 N–H and O–H groups in total. The zero-order chi connectivity index (χ0) is 13.6. The second-order valence-corrected chi connectivity index (χ2v) is 8.81. The van der Waals surface area contributed by atoms with Crippen molar-refractivity contribution in [3.8, 4) is 0 Å². The Balaban J connectivity index is 1.76. The predicted octanol–water partition coefficient (Wildman–Crippen LogP) is 4.57. The highest BCUT2D eigenvalue weighted by molar-refractivity contribution is 4.93. The summed E-state index contributed by atoms with van der Waals surface area (Å²) in [6, 6.07) is 0. The van der Waals surface area contributed by atoms with E-state index in [1.165, 1.54) is 38.8 Å². The molecule has 0 spiro atoms. The molecule has 1 aliphatic heterocycles. The first-order chi connectivity index (χ1) is 8.18. The van der Waals surface area contributed by atoms with Gasteiger partial charge >= 0.3 is 0 Å². The summed E-state index contributed by atoms with van der Waals surface area (Å²) in [6.45, 7) is 17.0. The summed E-state index contributed by atoms with van der Waals surface area (Å²) in [5, 5.41) is 0. The van der Waals surface area contributed by atoms with Crippen LogP contribution in [0.4, 0.5) is 0 Å². The summed E-state index contributed by atoms with van der Waals surface area (Å²) in [6.07, 6.45) is 5.93. The lowest BCUT2D eigenvalue weighted by atomic mass is 9.66. The van der Waals surface area contributed by atoms with E-state index in [1.807, 2.05) is 0 Å². The van der Waals surface area contributed by atoms with Crippen molar-refractivity contribution in [2.75, 3.05) is 13.1 Å². The molecule has 2 fully saturated rings. The van der Waals surface area contributed by atoms with Gasteiger partial charge in [-0.2, -0.15) is 0 Å². The Morgan fingerprint density at radius 3 is 1.61 bits per heavy atom. The van der Waals surface area contributed by atoms with Crippen molar-refractivity contribution in [3.63, 3.8) is 0 Å². The van der Waals surface area contributed by atoms with Gasteiger partial charge in [0.15, 0.2) is 0 Å². The fourth-order valence-corrected chi connectivity index (χ4v) is 3.82. The first kappa shape index (κ1) is 14.4. The fraction of sp³-hybridized carbons (Fsp3) is 1.00. The van der Waals surface area contributed by atoms with E-state index in [0.29, 0.717) is 11.0 Å². The molecule has 1 saturated heterocycles. The van der Waals surface area contributed by atoms with Gasteiger partial charge in [-0.15, -0.1) is 0 Å². The lowest BCUT2D eigenvalue weighted by Gasteiger charge is -2.52. The van der Waals surface area contributed by atoms with Gasteiger partial charge in [0, 0.05) is 18.6 Å². The van der Waals surface area contributed by atoms with Gasteiger partial charge in [0.1, 0.15) is 0 Å². The fourth-order valence-electron chi connectivity index (χ4n) is 3.82. The second-order valence-electron chi connectivity index (χ2n) is 8.81. The highest BCUT2D eigenvalue weighted by atomic mass is 15.2. The van der Waals surface area contributed by atoms with E-state index < -0.39 is 0 Å². The van der Waals surface area contributed by atoms with Gasteiger partial charge in [0.25, 0.3) is 0 Å². The quantitative estimate of drug-likeness (QED) is 0.660. The Labute approximate surface area is 114 Å². The van der Waals surface area contributed by atoms with Gasteiger partial charge in [-0.05, 0) is 69.6 Å². The molecule has 18 heavy (non-hydrogen) atoms. The molecule has 0 unspecified atom stereocenters. The van der Waals surface area contributed by atoms with Crippen molar-refractivity contribution >= 4 is 0 Å². The van der Waals surface area contributed by atoms with Crippen LogP contribution in [0.5, 0.6) is 0 Å². The molecule has 1 saturated carbocycles. The van der Waals surface area contributed by atoms with E-state index in [1.54, 1.807) is 0 Å². The summed E-state index contributed by atoms with van der Waals surface area (Å²) in [7, 11) is 0. The van der Waals surface area contributed by atoms with Crippen LogP contribution < -0.4 is 0 Å². The highest BCUT2D eigenvalue weighted by Crippen LogP contribution is 2.44. The van der Waals surface area contributed by atoms with E-state index in [4.69, 9.17) is 0 Å². The standard InChI is InChI=1S/C17H33N/c1-16(2,3)15-9-7-13(8-10-15)14-11-18(12-14)17(4,5)6/h13-15H,7-12H2,1-6H3. The van der Waals surface area contributed by atoms with Gasteiger partial charge in [0.2, 0.25) is 0 Å². The lowest BCUT2D eigenvalue weighted by Crippen LogP contribution is -2.58. The minimum Gasteiger partial charge on any atom is -0.298 e. The van der Waals surface area contributed by atoms with Crippen LogP contribution in [0.15, 0.2) is 0 Å². The number of likely N-dealkylation sites (tertiary alicyclic amines) is 1. The molecule has 106 valence electrons. The van der Waals surface area contributed by atoms with E-state index in [-0.39, 0.29) is 0 Å². The number of rotatable bonds is 1. The Hall–Kier alpha value is -0.0400. The molecule has 1 aliphatic carbocycles. The van der Waals surface area contributed by atoms with E-state index in [9.17, 15) is 0 Å². The summed E-state index contributed by atoms with van der Waals surface area (Å²) in [5.41, 5.74) is 0.918. The van der Waals surface area contributed by atoms with Gasteiger partial charge in [-0.3, -0.25) is 4.90 Å². The summed E-state index contributed by atoms with van der Waals surface area (Å²) in [5.74, 6) is 3.00. The third-order valence-corrected chi connectivity index (χ3v) is 5.52. The number of hydrogen-bond donors (Lipinski definition) is 0. The van der Waals surface area contributed by atoms with Crippen molar-refractivity contribution in [1.82, 2.24) is 4.90 Å². The monoisotopic (exact) mass is 251 g/mol. The lowest BCUT2D eigenvalue weighted by molar-refractivity contribution is -0.0285. The topological polar surface area (TPSA) is 3.24 Å². The summed E-state index contributed by atoms with van der Waals surface area (Å²) >= 11 is 0. The Bertz CT molecular complexity index is 267. The minimum absolute atomic E-state index is 0.388. The molecular formula is C17H33N. The van der Waals surface area contributed by atoms with Crippen molar-refractivity contribution in [2.45, 2.75) is 72.8 Å². The maximum atomic E-state index is 2.65. The van der Waals surface area contributed by atoms with Crippen molar-refractivity contribution < 1.29 is 0 Å². The van der Waals surface area contributed by atoms with Crippen molar-refractivity contribution in [2.24, 2.45) is 23.2 Å². The zero-order valence-corrected chi connectivity index (χ0v) is 13.4. The van der Waals surface area contributed by atoms with Gasteiger partial charge in [-0.25, -0.2) is 0 Å². The predicted molar refractivity (Wildman–Crippen MR) is 79.7 cm³/mol. The summed E-state index contributed by atoms with van der Waals surface area (Å²) in [4.78, 5) is 2.65. The maximum absolute atomic E-state index is 2.65.